The molecular formula is C26H31N3O6S. The molecule has 2 amide bonds. The zero-order valence-corrected chi connectivity index (χ0v) is 21.4. The number of likely N-dealkylation sites (N-methyl/N-ethyl adjacent to an activating group) is 1. The van der Waals surface area contributed by atoms with E-state index in [1.807, 2.05) is 30.3 Å². The van der Waals surface area contributed by atoms with Crippen LogP contribution < -0.4 is 10.1 Å². The quantitative estimate of drug-likeness (QED) is 0.399. The molecule has 1 atom stereocenters. The zero-order chi connectivity index (χ0) is 26.1. The lowest BCUT2D eigenvalue weighted by Gasteiger charge is -2.32. The Balaban J connectivity index is 1.94. The van der Waals surface area contributed by atoms with Gasteiger partial charge in [0.2, 0.25) is 21.8 Å². The van der Waals surface area contributed by atoms with Gasteiger partial charge in [0.05, 0.1) is 32.7 Å². The summed E-state index contributed by atoms with van der Waals surface area (Å²) in [7, 11) is -0.706. The summed E-state index contributed by atoms with van der Waals surface area (Å²) in [5.74, 6) is 0.365. The Morgan fingerprint density at radius 2 is 1.69 bits per heavy atom. The lowest BCUT2D eigenvalue weighted by Crippen LogP contribution is -2.52. The summed E-state index contributed by atoms with van der Waals surface area (Å²) < 4.78 is 35.5. The molecule has 3 aromatic rings. The van der Waals surface area contributed by atoms with Crippen LogP contribution in [0.1, 0.15) is 16.9 Å². The van der Waals surface area contributed by atoms with Crippen molar-refractivity contribution in [3.63, 3.8) is 0 Å². The SMILES string of the molecule is COc1ccc(CN(C(=O)CN(C)S(C)(=O)=O)[C@H](Cc2ccccc2)C(=O)NCc2ccco2)cc1. The van der Waals surface area contributed by atoms with Crippen LogP contribution in [0.3, 0.4) is 0 Å². The number of hydrogen-bond acceptors (Lipinski definition) is 6. The predicted molar refractivity (Wildman–Crippen MR) is 136 cm³/mol. The second kappa shape index (κ2) is 12.4. The van der Waals surface area contributed by atoms with E-state index in [0.29, 0.717) is 11.5 Å². The number of nitrogens with zero attached hydrogens (tertiary/aromatic N) is 2. The van der Waals surface area contributed by atoms with Crippen LogP contribution in [0.25, 0.3) is 0 Å². The molecule has 0 spiro atoms. The number of rotatable bonds is 12. The maximum absolute atomic E-state index is 13.5. The van der Waals surface area contributed by atoms with Crippen LogP contribution in [-0.4, -0.2) is 62.4 Å². The molecule has 2 aromatic carbocycles. The molecule has 1 heterocycles. The first kappa shape index (κ1) is 27.0. The topological polar surface area (TPSA) is 109 Å². The molecule has 0 aliphatic rings. The Bertz CT molecular complexity index is 1230. The van der Waals surface area contributed by atoms with Gasteiger partial charge in [0.25, 0.3) is 0 Å². The lowest BCUT2D eigenvalue weighted by molar-refractivity contribution is -0.141. The van der Waals surface area contributed by atoms with Gasteiger partial charge in [0.15, 0.2) is 0 Å². The van der Waals surface area contributed by atoms with Crippen LogP contribution in [0.15, 0.2) is 77.4 Å². The molecular weight excluding hydrogens is 482 g/mol. The third-order valence-electron chi connectivity index (χ3n) is 5.72. The van der Waals surface area contributed by atoms with Crippen molar-refractivity contribution in [2.45, 2.75) is 25.6 Å². The average Bonchev–Trinajstić information content (AvgIpc) is 3.39. The highest BCUT2D eigenvalue weighted by atomic mass is 32.2. The number of sulfonamides is 1. The predicted octanol–water partition coefficient (Wildman–Crippen LogP) is 2.44. The van der Waals surface area contributed by atoms with Crippen molar-refractivity contribution >= 4 is 21.8 Å². The molecule has 0 bridgehead atoms. The Morgan fingerprint density at radius 1 is 1.00 bits per heavy atom. The van der Waals surface area contributed by atoms with Crippen molar-refractivity contribution in [1.82, 2.24) is 14.5 Å². The van der Waals surface area contributed by atoms with Gasteiger partial charge in [-0.05, 0) is 35.4 Å². The van der Waals surface area contributed by atoms with Gasteiger partial charge in [0.1, 0.15) is 17.6 Å². The molecule has 3 rings (SSSR count). The number of carbonyl (C=O) groups is 2. The van der Waals surface area contributed by atoms with Crippen molar-refractivity contribution in [2.24, 2.45) is 0 Å². The number of amides is 2. The second-order valence-corrected chi connectivity index (χ2v) is 10.5. The standard InChI is InChI=1S/C26H31N3O6S/c1-28(36(3,32)33)19-25(30)29(18-21-11-13-22(34-2)14-12-21)24(16-20-8-5-4-6-9-20)26(31)27-17-23-10-7-15-35-23/h4-15,24H,16-19H2,1-3H3,(H,27,31)/t24-/m1/s1. The third-order valence-corrected chi connectivity index (χ3v) is 6.99. The summed E-state index contributed by atoms with van der Waals surface area (Å²) >= 11 is 0. The van der Waals surface area contributed by atoms with E-state index in [0.717, 1.165) is 21.7 Å². The van der Waals surface area contributed by atoms with Crippen LogP contribution >= 0.6 is 0 Å². The molecule has 0 fully saturated rings. The summed E-state index contributed by atoms with van der Waals surface area (Å²) in [5.41, 5.74) is 1.63. The monoisotopic (exact) mass is 513 g/mol. The minimum atomic E-state index is -3.60. The highest BCUT2D eigenvalue weighted by molar-refractivity contribution is 7.88. The lowest BCUT2D eigenvalue weighted by atomic mass is 10.0. The van der Waals surface area contributed by atoms with E-state index < -0.39 is 28.5 Å². The largest absolute Gasteiger partial charge is 0.497 e. The average molecular weight is 514 g/mol. The normalized spacial score (nSPS) is 12.2. The minimum absolute atomic E-state index is 0.103. The molecule has 1 aromatic heterocycles. The molecule has 0 saturated heterocycles. The molecule has 0 aliphatic carbocycles. The van der Waals surface area contributed by atoms with Gasteiger partial charge >= 0.3 is 0 Å². The number of methoxy groups -OCH3 is 1. The van der Waals surface area contributed by atoms with Crippen molar-refractivity contribution in [1.29, 1.82) is 0 Å². The van der Waals surface area contributed by atoms with E-state index in [-0.39, 0.29) is 25.4 Å². The molecule has 10 heteroatoms. The zero-order valence-electron chi connectivity index (χ0n) is 20.6. The fraction of sp³-hybridized carbons (Fsp3) is 0.308. The molecule has 0 unspecified atom stereocenters. The van der Waals surface area contributed by atoms with Crippen LogP contribution in [-0.2, 0) is 39.1 Å². The van der Waals surface area contributed by atoms with Crippen LogP contribution in [0, 0.1) is 0 Å². The number of hydrogen-bond donors (Lipinski definition) is 1. The Kier molecular flexibility index (Phi) is 9.26. The summed E-state index contributed by atoms with van der Waals surface area (Å²) in [6, 6.07) is 19.1. The first-order valence-corrected chi connectivity index (χ1v) is 13.2. The number of benzene rings is 2. The number of ether oxygens (including phenoxy) is 1. The first-order chi connectivity index (χ1) is 17.2. The highest BCUT2D eigenvalue weighted by Gasteiger charge is 2.32. The van der Waals surface area contributed by atoms with Crippen molar-refractivity contribution in [2.75, 3.05) is 27.0 Å². The highest BCUT2D eigenvalue weighted by Crippen LogP contribution is 2.18. The van der Waals surface area contributed by atoms with Gasteiger partial charge in [-0.15, -0.1) is 0 Å². The maximum atomic E-state index is 13.5. The molecule has 1 N–H and O–H groups in total. The first-order valence-electron chi connectivity index (χ1n) is 11.3. The second-order valence-electron chi connectivity index (χ2n) is 8.39. The van der Waals surface area contributed by atoms with Gasteiger partial charge in [0, 0.05) is 20.0 Å². The molecule has 192 valence electrons. The Morgan fingerprint density at radius 3 is 2.28 bits per heavy atom. The van der Waals surface area contributed by atoms with Gasteiger partial charge in [-0.25, -0.2) is 8.42 Å². The van der Waals surface area contributed by atoms with Crippen molar-refractivity contribution in [3.8, 4) is 5.75 Å². The molecule has 9 nitrogen and oxygen atoms in total. The van der Waals surface area contributed by atoms with Gasteiger partial charge in [-0.1, -0.05) is 42.5 Å². The fourth-order valence-corrected chi connectivity index (χ4v) is 3.93. The van der Waals surface area contributed by atoms with Crippen molar-refractivity contribution < 1.29 is 27.2 Å². The van der Waals surface area contributed by atoms with Crippen LogP contribution in [0.5, 0.6) is 5.75 Å². The smallest absolute Gasteiger partial charge is 0.243 e. The summed E-state index contributed by atoms with van der Waals surface area (Å²) in [5, 5.41) is 2.85. The molecule has 0 aliphatic heterocycles. The summed E-state index contributed by atoms with van der Waals surface area (Å²) in [6.07, 6.45) is 2.80. The van der Waals surface area contributed by atoms with Gasteiger partial charge < -0.3 is 19.4 Å². The summed E-state index contributed by atoms with van der Waals surface area (Å²) in [4.78, 5) is 28.4. The van der Waals surface area contributed by atoms with Crippen molar-refractivity contribution in [3.05, 3.63) is 89.9 Å². The van der Waals surface area contributed by atoms with E-state index in [2.05, 4.69) is 5.32 Å². The molecule has 0 saturated carbocycles. The number of nitrogens with one attached hydrogen (secondary N) is 1. The minimum Gasteiger partial charge on any atom is -0.497 e. The van der Waals surface area contributed by atoms with Crippen LogP contribution in [0.2, 0.25) is 0 Å². The van der Waals surface area contributed by atoms with Gasteiger partial charge in [-0.2, -0.15) is 4.31 Å². The number of carbonyl (C=O) groups excluding carboxylic acids is 2. The summed E-state index contributed by atoms with van der Waals surface area (Å²) in [6.45, 7) is -0.136. The number of furan rings is 1. The van der Waals surface area contributed by atoms with E-state index >= 15 is 0 Å². The Labute approximate surface area is 211 Å². The van der Waals surface area contributed by atoms with Gasteiger partial charge in [-0.3, -0.25) is 9.59 Å². The van der Waals surface area contributed by atoms with E-state index in [1.54, 1.807) is 43.5 Å². The van der Waals surface area contributed by atoms with E-state index in [4.69, 9.17) is 9.15 Å². The maximum Gasteiger partial charge on any atom is 0.243 e. The molecule has 36 heavy (non-hydrogen) atoms. The third kappa shape index (κ3) is 7.69. The Hall–Kier alpha value is -3.63. The van der Waals surface area contributed by atoms with E-state index in [1.165, 1.54) is 18.2 Å². The van der Waals surface area contributed by atoms with Crippen LogP contribution in [0.4, 0.5) is 0 Å². The fourth-order valence-electron chi connectivity index (χ4n) is 3.59. The molecule has 0 radical (unpaired) electrons. The van der Waals surface area contributed by atoms with E-state index in [9.17, 15) is 18.0 Å².